The summed E-state index contributed by atoms with van der Waals surface area (Å²) in [5.41, 5.74) is 0.520. The maximum absolute atomic E-state index is 13.2. The third-order valence-electron chi connectivity index (χ3n) is 4.07. The highest BCUT2D eigenvalue weighted by Crippen LogP contribution is 2.34. The first-order valence-electron chi connectivity index (χ1n) is 9.38. The highest BCUT2D eigenvalue weighted by Gasteiger charge is 2.24. The van der Waals surface area contributed by atoms with Crippen LogP contribution in [0.2, 0.25) is 5.02 Å². The van der Waals surface area contributed by atoms with Gasteiger partial charge in [0.2, 0.25) is 5.88 Å². The lowest BCUT2D eigenvalue weighted by molar-refractivity contribution is 0.0170. The Morgan fingerprint density at radius 3 is 2.50 bits per heavy atom. The van der Waals surface area contributed by atoms with Crippen LogP contribution in [0.25, 0.3) is 0 Å². The second-order valence-electron chi connectivity index (χ2n) is 6.60. The first kappa shape index (κ1) is 26.0. The summed E-state index contributed by atoms with van der Waals surface area (Å²) < 4.78 is 43.2. The van der Waals surface area contributed by atoms with Gasteiger partial charge in [-0.1, -0.05) is 40.0 Å². The van der Waals surface area contributed by atoms with E-state index in [-0.39, 0.29) is 46.5 Å². The first-order chi connectivity index (χ1) is 15.1. The number of oxime groups is 1. The largest absolute Gasteiger partial charge is 0.491 e. The van der Waals surface area contributed by atoms with Crippen LogP contribution in [0.3, 0.4) is 0 Å². The molecule has 2 rings (SSSR count). The third-order valence-corrected chi connectivity index (χ3v) is 4.66. The van der Waals surface area contributed by atoms with Gasteiger partial charge in [0.1, 0.15) is 22.6 Å². The molecule has 0 radical (unpaired) electrons. The fourth-order valence-electron chi connectivity index (χ4n) is 2.46. The molecule has 1 N–H and O–H groups in total. The van der Waals surface area contributed by atoms with Gasteiger partial charge in [0, 0.05) is 42.8 Å². The topological polar surface area (TPSA) is 73.2 Å². The number of alkyl halides is 2. The van der Waals surface area contributed by atoms with Gasteiger partial charge < -0.3 is 19.4 Å². The predicted octanol–water partition coefficient (Wildman–Crippen LogP) is 6.59. The molecule has 0 spiro atoms. The summed E-state index contributed by atoms with van der Waals surface area (Å²) in [4.78, 5) is 3.87. The molecule has 174 valence electrons. The molecule has 2 aromatic rings. The van der Waals surface area contributed by atoms with Gasteiger partial charge in [-0.05, 0) is 25.1 Å². The molecule has 0 aliphatic carbocycles. The Bertz CT molecular complexity index is 961. The number of ether oxygens (including phenoxy) is 3. The third kappa shape index (κ3) is 8.00. The van der Waals surface area contributed by atoms with E-state index >= 15 is 0 Å². The van der Waals surface area contributed by atoms with Crippen molar-refractivity contribution in [1.29, 1.82) is 0 Å². The Morgan fingerprint density at radius 2 is 1.91 bits per heavy atom. The van der Waals surface area contributed by atoms with E-state index in [0.717, 1.165) is 13.1 Å². The summed E-state index contributed by atoms with van der Waals surface area (Å²) in [6, 6.07) is 5.81. The van der Waals surface area contributed by atoms with Gasteiger partial charge in [-0.3, -0.25) is 0 Å². The Labute approximate surface area is 199 Å². The Morgan fingerprint density at radius 1 is 1.19 bits per heavy atom. The standard InChI is InChI=1S/C21H21Cl3F2N2O4/c1-13(28-29)16-10-15(30-9-6-18(23)24)11-17(22)20(16)32-8-3-7-31-19-5-4-14(12-27-19)21(2,25)26/h4-6,10-12,29H,3,7-9H2,1-2H3/b28-13+. The zero-order chi connectivity index (χ0) is 23.7. The van der Waals surface area contributed by atoms with Crippen LogP contribution < -0.4 is 14.2 Å². The fraction of sp³-hybridized carbons (Fsp3) is 0.333. The lowest BCUT2D eigenvalue weighted by Crippen LogP contribution is -2.10. The highest BCUT2D eigenvalue weighted by atomic mass is 35.5. The van der Waals surface area contributed by atoms with Crippen LogP contribution in [0.5, 0.6) is 17.4 Å². The Balaban J connectivity index is 1.96. The highest BCUT2D eigenvalue weighted by molar-refractivity contribution is 6.55. The fourth-order valence-corrected chi connectivity index (χ4v) is 2.85. The van der Waals surface area contributed by atoms with Crippen molar-refractivity contribution >= 4 is 40.5 Å². The van der Waals surface area contributed by atoms with Gasteiger partial charge in [0.05, 0.1) is 23.9 Å². The van der Waals surface area contributed by atoms with Crippen molar-refractivity contribution in [3.63, 3.8) is 0 Å². The SMILES string of the molecule is C/C(=N\O)c1cc(OCC=C(Cl)Cl)cc(Cl)c1OCCCOc1ccc(C(C)(F)F)cn1. The van der Waals surface area contributed by atoms with Crippen LogP contribution in [-0.2, 0) is 5.92 Å². The van der Waals surface area contributed by atoms with Gasteiger partial charge in [-0.25, -0.2) is 13.8 Å². The van der Waals surface area contributed by atoms with Crippen LogP contribution in [-0.4, -0.2) is 35.7 Å². The molecular weight excluding hydrogens is 489 g/mol. The van der Waals surface area contributed by atoms with E-state index in [1.54, 1.807) is 19.1 Å². The van der Waals surface area contributed by atoms with Gasteiger partial charge in [0.25, 0.3) is 5.92 Å². The molecule has 1 heterocycles. The molecule has 0 aliphatic heterocycles. The van der Waals surface area contributed by atoms with Crippen molar-refractivity contribution in [3.05, 3.63) is 57.2 Å². The normalized spacial score (nSPS) is 11.8. The number of pyridine rings is 1. The second kappa shape index (κ2) is 12.1. The molecular formula is C21H21Cl3F2N2O4. The molecule has 1 aromatic carbocycles. The van der Waals surface area contributed by atoms with E-state index in [4.69, 9.17) is 49.0 Å². The van der Waals surface area contributed by atoms with E-state index in [2.05, 4.69) is 10.1 Å². The smallest absolute Gasteiger partial charge is 0.272 e. The number of rotatable bonds is 11. The van der Waals surface area contributed by atoms with Crippen molar-refractivity contribution in [1.82, 2.24) is 4.98 Å². The van der Waals surface area contributed by atoms with Crippen molar-refractivity contribution in [2.45, 2.75) is 26.2 Å². The van der Waals surface area contributed by atoms with Gasteiger partial charge in [-0.2, -0.15) is 0 Å². The first-order valence-corrected chi connectivity index (χ1v) is 10.5. The maximum Gasteiger partial charge on any atom is 0.272 e. The average molecular weight is 510 g/mol. The molecule has 6 nitrogen and oxygen atoms in total. The van der Waals surface area contributed by atoms with Gasteiger partial charge in [-0.15, -0.1) is 0 Å². The average Bonchev–Trinajstić information content (AvgIpc) is 2.73. The number of nitrogens with zero attached hydrogens (tertiary/aromatic N) is 2. The molecule has 11 heteroatoms. The zero-order valence-corrected chi connectivity index (χ0v) is 19.5. The number of aromatic nitrogens is 1. The molecule has 32 heavy (non-hydrogen) atoms. The van der Waals surface area contributed by atoms with E-state index in [1.165, 1.54) is 18.2 Å². The number of hydrogen-bond acceptors (Lipinski definition) is 6. The summed E-state index contributed by atoms with van der Waals surface area (Å²) in [6.07, 6.45) is 3.00. The summed E-state index contributed by atoms with van der Waals surface area (Å²) in [7, 11) is 0. The monoisotopic (exact) mass is 508 g/mol. The minimum Gasteiger partial charge on any atom is -0.491 e. The summed E-state index contributed by atoms with van der Waals surface area (Å²) >= 11 is 17.4. The molecule has 0 unspecified atom stereocenters. The molecule has 0 saturated heterocycles. The zero-order valence-electron chi connectivity index (χ0n) is 17.2. The molecule has 0 bridgehead atoms. The van der Waals surface area contributed by atoms with E-state index in [0.29, 0.717) is 23.5 Å². The molecule has 1 aromatic heterocycles. The second-order valence-corrected chi connectivity index (χ2v) is 8.01. The van der Waals surface area contributed by atoms with Gasteiger partial charge in [0.15, 0.2) is 0 Å². The molecule has 0 amide bonds. The van der Waals surface area contributed by atoms with Crippen molar-refractivity contribution in [2.75, 3.05) is 19.8 Å². The van der Waals surface area contributed by atoms with E-state index < -0.39 is 5.92 Å². The van der Waals surface area contributed by atoms with Crippen molar-refractivity contribution < 1.29 is 28.2 Å². The van der Waals surface area contributed by atoms with Crippen LogP contribution in [0, 0.1) is 0 Å². The van der Waals surface area contributed by atoms with Crippen LogP contribution >= 0.6 is 34.8 Å². The van der Waals surface area contributed by atoms with Crippen LogP contribution in [0.1, 0.15) is 31.4 Å². The maximum atomic E-state index is 13.2. The number of hydrogen-bond donors (Lipinski definition) is 1. The Kier molecular flexibility index (Phi) is 9.81. The predicted molar refractivity (Wildman–Crippen MR) is 120 cm³/mol. The van der Waals surface area contributed by atoms with Crippen molar-refractivity contribution in [3.8, 4) is 17.4 Å². The number of benzene rings is 1. The number of halogens is 5. The Hall–Kier alpha value is -2.29. The van der Waals surface area contributed by atoms with E-state index in [9.17, 15) is 14.0 Å². The minimum atomic E-state index is -2.96. The molecule has 0 saturated carbocycles. The molecule has 0 fully saturated rings. The molecule has 0 atom stereocenters. The summed E-state index contributed by atoms with van der Waals surface area (Å²) in [5.74, 6) is -2.01. The van der Waals surface area contributed by atoms with Crippen molar-refractivity contribution in [2.24, 2.45) is 5.16 Å². The van der Waals surface area contributed by atoms with Crippen LogP contribution in [0.15, 0.2) is 46.2 Å². The summed E-state index contributed by atoms with van der Waals surface area (Å²) in [5, 5.41) is 12.6. The summed E-state index contributed by atoms with van der Waals surface area (Å²) in [6.45, 7) is 2.96. The lowest BCUT2D eigenvalue weighted by atomic mass is 10.1. The molecule has 0 aliphatic rings. The van der Waals surface area contributed by atoms with E-state index in [1.807, 2.05) is 0 Å². The quantitative estimate of drug-likeness (QED) is 0.160. The van der Waals surface area contributed by atoms with Gasteiger partial charge >= 0.3 is 0 Å². The van der Waals surface area contributed by atoms with Crippen LogP contribution in [0.4, 0.5) is 8.78 Å². The lowest BCUT2D eigenvalue weighted by Gasteiger charge is -2.15. The minimum absolute atomic E-state index is 0.0704.